The maximum atomic E-state index is 14.0. The van der Waals surface area contributed by atoms with Crippen molar-refractivity contribution >= 4 is 16.9 Å². The second-order valence-corrected chi connectivity index (χ2v) is 8.83. The maximum absolute atomic E-state index is 14.0. The molecule has 0 spiro atoms. The summed E-state index contributed by atoms with van der Waals surface area (Å²) in [5, 5.41) is 5.37. The zero-order chi connectivity index (χ0) is 24.2. The fourth-order valence-corrected chi connectivity index (χ4v) is 4.18. The normalized spacial score (nSPS) is 11.2. The number of nitrogens with zero attached hydrogens (tertiary/aromatic N) is 5. The number of amides is 1. The van der Waals surface area contributed by atoms with Gasteiger partial charge in [-0.25, -0.2) is 9.67 Å². The number of hydrogen-bond acceptors (Lipinski definition) is 4. The predicted octanol–water partition coefficient (Wildman–Crippen LogP) is 5.59. The number of hydrogen-bond donors (Lipinski definition) is 0. The van der Waals surface area contributed by atoms with Gasteiger partial charge in [0.15, 0.2) is 5.65 Å². The average molecular weight is 462 g/mol. The molecule has 35 heavy (non-hydrogen) atoms. The molecule has 0 atom stereocenters. The van der Waals surface area contributed by atoms with Gasteiger partial charge in [0.25, 0.3) is 5.91 Å². The van der Waals surface area contributed by atoms with Gasteiger partial charge in [-0.1, -0.05) is 60.7 Å². The van der Waals surface area contributed by atoms with E-state index in [2.05, 4.69) is 10.1 Å². The Hall–Kier alpha value is -4.32. The Morgan fingerprint density at radius 2 is 1.60 bits per heavy atom. The van der Waals surface area contributed by atoms with E-state index < -0.39 is 0 Å². The molecule has 6 heteroatoms. The average Bonchev–Trinajstić information content (AvgIpc) is 3.30. The third-order valence-electron chi connectivity index (χ3n) is 6.07. The summed E-state index contributed by atoms with van der Waals surface area (Å²) < 4.78 is 1.85. The van der Waals surface area contributed by atoms with E-state index in [0.29, 0.717) is 24.3 Å². The van der Waals surface area contributed by atoms with Gasteiger partial charge in [-0.05, 0) is 43.2 Å². The van der Waals surface area contributed by atoms with Crippen LogP contribution in [0.1, 0.15) is 35.3 Å². The summed E-state index contributed by atoms with van der Waals surface area (Å²) in [6.07, 6.45) is 5.29. The highest BCUT2D eigenvalue weighted by Crippen LogP contribution is 2.27. The zero-order valence-electron chi connectivity index (χ0n) is 19.9. The Balaban J connectivity index is 1.62. The van der Waals surface area contributed by atoms with Crippen molar-refractivity contribution in [2.45, 2.75) is 33.0 Å². The molecule has 0 aliphatic heterocycles. The number of fused-ring (bicyclic) bond motifs is 1. The quantitative estimate of drug-likeness (QED) is 0.317. The van der Waals surface area contributed by atoms with Crippen LogP contribution in [0, 0.1) is 0 Å². The van der Waals surface area contributed by atoms with Gasteiger partial charge in [0, 0.05) is 30.5 Å². The molecular weight excluding hydrogens is 434 g/mol. The van der Waals surface area contributed by atoms with E-state index in [-0.39, 0.29) is 11.9 Å². The molecule has 0 unspecified atom stereocenters. The lowest BCUT2D eigenvalue weighted by Crippen LogP contribution is -2.36. The highest BCUT2D eigenvalue weighted by atomic mass is 16.2. The van der Waals surface area contributed by atoms with Crippen LogP contribution in [0.2, 0.25) is 0 Å². The topological polar surface area (TPSA) is 63.9 Å². The summed E-state index contributed by atoms with van der Waals surface area (Å²) in [6.45, 7) is 5.17. The van der Waals surface area contributed by atoms with Gasteiger partial charge in [-0.2, -0.15) is 5.10 Å². The summed E-state index contributed by atoms with van der Waals surface area (Å²) in [5.41, 5.74) is 5.17. The van der Waals surface area contributed by atoms with Crippen molar-refractivity contribution in [1.82, 2.24) is 24.6 Å². The molecule has 0 bridgehead atoms. The number of carbonyl (C=O) groups excluding carboxylic acids is 1. The molecule has 1 amide bonds. The highest BCUT2D eigenvalue weighted by molar-refractivity contribution is 6.06. The Morgan fingerprint density at radius 3 is 2.29 bits per heavy atom. The molecule has 0 fully saturated rings. The highest BCUT2D eigenvalue weighted by Gasteiger charge is 2.24. The summed E-state index contributed by atoms with van der Waals surface area (Å²) in [4.78, 5) is 25.0. The van der Waals surface area contributed by atoms with E-state index in [1.807, 2.05) is 102 Å². The molecular formula is C29H27N5O. The van der Waals surface area contributed by atoms with Crippen molar-refractivity contribution in [2.24, 2.45) is 0 Å². The smallest absolute Gasteiger partial charge is 0.255 e. The van der Waals surface area contributed by atoms with Crippen molar-refractivity contribution in [3.8, 4) is 11.3 Å². The van der Waals surface area contributed by atoms with Crippen LogP contribution in [0.15, 0.2) is 97.5 Å². The number of aromatic nitrogens is 4. The monoisotopic (exact) mass is 461 g/mol. The molecule has 6 nitrogen and oxygen atoms in total. The summed E-state index contributed by atoms with van der Waals surface area (Å²) in [7, 11) is 0. The number of pyridine rings is 2. The number of carbonyl (C=O) groups is 1. The van der Waals surface area contributed by atoms with Crippen molar-refractivity contribution in [2.75, 3.05) is 0 Å². The van der Waals surface area contributed by atoms with Crippen LogP contribution in [0.25, 0.3) is 22.3 Å². The molecule has 0 N–H and O–H groups in total. The minimum atomic E-state index is -0.0307. The van der Waals surface area contributed by atoms with Crippen LogP contribution >= 0.6 is 0 Å². The van der Waals surface area contributed by atoms with Crippen LogP contribution in [0.4, 0.5) is 0 Å². The molecule has 5 aromatic rings. The first kappa shape index (κ1) is 22.5. The molecule has 3 aromatic heterocycles. The van der Waals surface area contributed by atoms with E-state index >= 15 is 0 Å². The van der Waals surface area contributed by atoms with Crippen LogP contribution in [-0.4, -0.2) is 36.6 Å². The third kappa shape index (κ3) is 4.82. The fraction of sp³-hybridized carbons (Fsp3) is 0.172. The summed E-state index contributed by atoms with van der Waals surface area (Å²) in [5.74, 6) is -0.0307. The molecule has 0 saturated heterocycles. The second-order valence-electron chi connectivity index (χ2n) is 8.83. The van der Waals surface area contributed by atoms with E-state index in [0.717, 1.165) is 27.8 Å². The molecule has 0 saturated carbocycles. The molecule has 0 aliphatic carbocycles. The van der Waals surface area contributed by atoms with Gasteiger partial charge in [-0.3, -0.25) is 9.78 Å². The first-order chi connectivity index (χ1) is 17.1. The minimum absolute atomic E-state index is 0.0259. The number of rotatable bonds is 7. The fourth-order valence-electron chi connectivity index (χ4n) is 4.18. The van der Waals surface area contributed by atoms with Crippen molar-refractivity contribution in [3.05, 3.63) is 114 Å². The Labute approximate surface area is 204 Å². The molecule has 5 rings (SSSR count). The zero-order valence-corrected chi connectivity index (χ0v) is 19.9. The van der Waals surface area contributed by atoms with E-state index in [1.165, 1.54) is 0 Å². The standard InChI is InChI=1S/C29H27N5O/c1-21(2)33(19-22-9-5-3-6-10-22)29(35)25-17-27(24-11-7-4-8-12-24)32-28-26(25)18-31-34(28)20-23-13-15-30-16-14-23/h3-18,21H,19-20H2,1-2H3. The minimum Gasteiger partial charge on any atom is -0.332 e. The van der Waals surface area contributed by atoms with E-state index in [4.69, 9.17) is 4.98 Å². The second kappa shape index (κ2) is 9.89. The van der Waals surface area contributed by atoms with Gasteiger partial charge in [0.1, 0.15) is 0 Å². The van der Waals surface area contributed by atoms with Crippen LogP contribution in [0.5, 0.6) is 0 Å². The molecule has 2 aromatic carbocycles. The van der Waals surface area contributed by atoms with Crippen LogP contribution in [-0.2, 0) is 13.1 Å². The largest absolute Gasteiger partial charge is 0.332 e. The van der Waals surface area contributed by atoms with Crippen molar-refractivity contribution < 1.29 is 4.79 Å². The van der Waals surface area contributed by atoms with Gasteiger partial charge in [0.2, 0.25) is 0 Å². The summed E-state index contributed by atoms with van der Waals surface area (Å²) >= 11 is 0. The SMILES string of the molecule is CC(C)N(Cc1ccccc1)C(=O)c1cc(-c2ccccc2)nc2c1cnn2Cc1ccncc1. The van der Waals surface area contributed by atoms with Gasteiger partial charge < -0.3 is 4.90 Å². The van der Waals surface area contributed by atoms with E-state index in [1.54, 1.807) is 18.6 Å². The van der Waals surface area contributed by atoms with Gasteiger partial charge >= 0.3 is 0 Å². The Bertz CT molecular complexity index is 1430. The molecule has 0 aliphatic rings. The first-order valence-electron chi connectivity index (χ1n) is 11.8. The lowest BCUT2D eigenvalue weighted by Gasteiger charge is -2.27. The van der Waals surface area contributed by atoms with Gasteiger partial charge in [-0.15, -0.1) is 0 Å². The van der Waals surface area contributed by atoms with Crippen LogP contribution < -0.4 is 0 Å². The summed E-state index contributed by atoms with van der Waals surface area (Å²) in [6, 6.07) is 25.9. The first-order valence-corrected chi connectivity index (χ1v) is 11.8. The predicted molar refractivity (Wildman–Crippen MR) is 138 cm³/mol. The maximum Gasteiger partial charge on any atom is 0.255 e. The Kier molecular flexibility index (Phi) is 6.35. The lowest BCUT2D eigenvalue weighted by atomic mass is 10.0. The lowest BCUT2D eigenvalue weighted by molar-refractivity contribution is 0.0692. The molecule has 3 heterocycles. The third-order valence-corrected chi connectivity index (χ3v) is 6.07. The van der Waals surface area contributed by atoms with E-state index in [9.17, 15) is 4.79 Å². The van der Waals surface area contributed by atoms with Crippen molar-refractivity contribution in [3.63, 3.8) is 0 Å². The van der Waals surface area contributed by atoms with Crippen molar-refractivity contribution in [1.29, 1.82) is 0 Å². The number of benzene rings is 2. The molecule has 0 radical (unpaired) electrons. The molecule has 174 valence electrons. The van der Waals surface area contributed by atoms with Crippen LogP contribution in [0.3, 0.4) is 0 Å². The van der Waals surface area contributed by atoms with Gasteiger partial charge in [0.05, 0.1) is 29.4 Å². The Morgan fingerprint density at radius 1 is 0.914 bits per heavy atom.